The molecule has 0 fully saturated rings. The van der Waals surface area contributed by atoms with Crippen LogP contribution in [0.2, 0.25) is 0 Å². The minimum Gasteiger partial charge on any atom is -0.367 e. The van der Waals surface area contributed by atoms with Gasteiger partial charge in [0.1, 0.15) is 0 Å². The van der Waals surface area contributed by atoms with Gasteiger partial charge in [-0.05, 0) is 73.5 Å². The summed E-state index contributed by atoms with van der Waals surface area (Å²) in [4.78, 5) is 17.7. The normalized spacial score (nSPS) is 10.6. The highest BCUT2D eigenvalue weighted by Gasteiger charge is 2.12. The summed E-state index contributed by atoms with van der Waals surface area (Å²) in [5.74, 6) is 0.0512. The maximum Gasteiger partial charge on any atom is 0.193 e. The maximum atomic E-state index is 13.1. The van der Waals surface area contributed by atoms with E-state index in [1.54, 1.807) is 0 Å². The number of anilines is 2. The third-order valence-electron chi connectivity index (χ3n) is 6.19. The molecule has 4 aromatic carbocycles. The summed E-state index contributed by atoms with van der Waals surface area (Å²) in [5, 5.41) is 0. The second kappa shape index (κ2) is 11.3. The molecule has 0 aliphatic heterocycles. The lowest BCUT2D eigenvalue weighted by Gasteiger charge is -2.24. The van der Waals surface area contributed by atoms with Gasteiger partial charge < -0.3 is 9.80 Å². The molecular formula is C31H32N2O. The highest BCUT2D eigenvalue weighted by molar-refractivity contribution is 6.09. The standard InChI is InChI=1S/C31H32N2O/c1-3-32(23-25-11-7-5-8-12-25)29-19-15-27(16-20-29)31(34)28-17-21-30(22-18-28)33(4-2)24-26-13-9-6-10-14-26/h5-22H,3-4,23-24H2,1-2H3. The van der Waals surface area contributed by atoms with Crippen molar-refractivity contribution in [2.75, 3.05) is 22.9 Å². The van der Waals surface area contributed by atoms with E-state index in [-0.39, 0.29) is 5.78 Å². The predicted octanol–water partition coefficient (Wildman–Crippen LogP) is 6.97. The van der Waals surface area contributed by atoms with E-state index in [9.17, 15) is 4.79 Å². The fourth-order valence-corrected chi connectivity index (χ4v) is 4.19. The monoisotopic (exact) mass is 448 g/mol. The highest BCUT2D eigenvalue weighted by atomic mass is 16.1. The third-order valence-corrected chi connectivity index (χ3v) is 6.19. The number of carbonyl (C=O) groups excluding carboxylic acids is 1. The van der Waals surface area contributed by atoms with Crippen LogP contribution in [0.4, 0.5) is 11.4 Å². The number of rotatable bonds is 10. The number of ketones is 1. The molecule has 0 unspecified atom stereocenters. The van der Waals surface area contributed by atoms with Crippen molar-refractivity contribution in [1.29, 1.82) is 0 Å². The summed E-state index contributed by atoms with van der Waals surface area (Å²) in [6.45, 7) is 7.81. The summed E-state index contributed by atoms with van der Waals surface area (Å²) in [5.41, 5.74) is 6.22. The molecule has 0 saturated carbocycles. The van der Waals surface area contributed by atoms with Crippen LogP contribution in [-0.2, 0) is 13.1 Å². The molecular weight excluding hydrogens is 416 g/mol. The van der Waals surface area contributed by atoms with Crippen LogP contribution in [0, 0.1) is 0 Å². The topological polar surface area (TPSA) is 23.6 Å². The Morgan fingerprint density at radius 2 is 0.882 bits per heavy atom. The largest absolute Gasteiger partial charge is 0.367 e. The molecule has 0 atom stereocenters. The second-order valence-corrected chi connectivity index (χ2v) is 8.42. The Bertz CT molecular complexity index is 1070. The molecule has 0 spiro atoms. The zero-order valence-corrected chi connectivity index (χ0v) is 20.0. The zero-order chi connectivity index (χ0) is 23.8. The van der Waals surface area contributed by atoms with Crippen LogP contribution in [0.15, 0.2) is 109 Å². The summed E-state index contributed by atoms with van der Waals surface area (Å²) >= 11 is 0. The molecule has 3 nitrogen and oxygen atoms in total. The van der Waals surface area contributed by atoms with Gasteiger partial charge in [0, 0.05) is 48.7 Å². The molecule has 0 N–H and O–H groups in total. The van der Waals surface area contributed by atoms with E-state index in [4.69, 9.17) is 0 Å². The van der Waals surface area contributed by atoms with E-state index in [0.29, 0.717) is 11.1 Å². The molecule has 3 heteroatoms. The summed E-state index contributed by atoms with van der Waals surface area (Å²) in [7, 11) is 0. The van der Waals surface area contributed by atoms with Crippen molar-refractivity contribution in [3.05, 3.63) is 131 Å². The quantitative estimate of drug-likeness (QED) is 0.245. The van der Waals surface area contributed by atoms with Crippen LogP contribution in [0.1, 0.15) is 40.9 Å². The highest BCUT2D eigenvalue weighted by Crippen LogP contribution is 2.22. The molecule has 172 valence electrons. The summed E-state index contributed by atoms with van der Waals surface area (Å²) in [6.07, 6.45) is 0. The molecule has 0 aromatic heterocycles. The van der Waals surface area contributed by atoms with Gasteiger partial charge in [-0.2, -0.15) is 0 Å². The average Bonchev–Trinajstić information content (AvgIpc) is 2.91. The minimum absolute atomic E-state index is 0.0512. The van der Waals surface area contributed by atoms with Crippen molar-refractivity contribution in [2.24, 2.45) is 0 Å². The summed E-state index contributed by atoms with van der Waals surface area (Å²) < 4.78 is 0. The van der Waals surface area contributed by atoms with Gasteiger partial charge in [-0.25, -0.2) is 0 Å². The van der Waals surface area contributed by atoms with Gasteiger partial charge in [0.25, 0.3) is 0 Å². The molecule has 0 radical (unpaired) electrons. The Balaban J connectivity index is 1.44. The molecule has 4 aromatic rings. The van der Waals surface area contributed by atoms with E-state index in [1.807, 2.05) is 60.7 Å². The first-order valence-electron chi connectivity index (χ1n) is 12.0. The van der Waals surface area contributed by atoms with E-state index in [1.165, 1.54) is 11.1 Å². The number of benzene rings is 4. The van der Waals surface area contributed by atoms with Gasteiger partial charge in [-0.15, -0.1) is 0 Å². The SMILES string of the molecule is CCN(Cc1ccccc1)c1ccc(C(=O)c2ccc(N(CC)Cc3ccccc3)cc2)cc1. The average molecular weight is 449 g/mol. The van der Waals surface area contributed by atoms with Gasteiger partial charge in [0.2, 0.25) is 0 Å². The van der Waals surface area contributed by atoms with Crippen molar-refractivity contribution < 1.29 is 4.79 Å². The molecule has 0 saturated heterocycles. The van der Waals surface area contributed by atoms with E-state index >= 15 is 0 Å². The maximum absolute atomic E-state index is 13.1. The number of hydrogen-bond acceptors (Lipinski definition) is 3. The van der Waals surface area contributed by atoms with Crippen molar-refractivity contribution >= 4 is 17.2 Å². The molecule has 0 aliphatic carbocycles. The van der Waals surface area contributed by atoms with Crippen LogP contribution < -0.4 is 9.80 Å². The third kappa shape index (κ3) is 5.74. The van der Waals surface area contributed by atoms with Gasteiger partial charge in [0.05, 0.1) is 0 Å². The Kier molecular flexibility index (Phi) is 7.77. The Morgan fingerprint density at radius 1 is 0.529 bits per heavy atom. The molecule has 0 heterocycles. The van der Waals surface area contributed by atoms with Crippen molar-refractivity contribution in [1.82, 2.24) is 0 Å². The van der Waals surface area contributed by atoms with Crippen molar-refractivity contribution in [2.45, 2.75) is 26.9 Å². The molecule has 34 heavy (non-hydrogen) atoms. The Hall–Kier alpha value is -3.85. The minimum atomic E-state index is 0.0512. The van der Waals surface area contributed by atoms with Gasteiger partial charge in [-0.1, -0.05) is 60.7 Å². The van der Waals surface area contributed by atoms with Gasteiger partial charge in [-0.3, -0.25) is 4.79 Å². The zero-order valence-electron chi connectivity index (χ0n) is 20.0. The Labute approximate surface area is 203 Å². The van der Waals surface area contributed by atoms with Crippen molar-refractivity contribution in [3.63, 3.8) is 0 Å². The summed E-state index contributed by atoms with van der Waals surface area (Å²) in [6, 6.07) is 36.9. The molecule has 0 bridgehead atoms. The van der Waals surface area contributed by atoms with Crippen LogP contribution >= 0.6 is 0 Å². The van der Waals surface area contributed by atoms with Crippen LogP contribution in [0.25, 0.3) is 0 Å². The Morgan fingerprint density at radius 3 is 1.21 bits per heavy atom. The van der Waals surface area contributed by atoms with Gasteiger partial charge in [0.15, 0.2) is 5.78 Å². The lowest BCUT2D eigenvalue weighted by atomic mass is 10.0. The first-order valence-corrected chi connectivity index (χ1v) is 12.0. The van der Waals surface area contributed by atoms with Crippen LogP contribution in [-0.4, -0.2) is 18.9 Å². The van der Waals surface area contributed by atoms with E-state index in [2.05, 4.69) is 72.2 Å². The molecule has 0 aliphatic rings. The predicted molar refractivity (Wildman–Crippen MR) is 143 cm³/mol. The lowest BCUT2D eigenvalue weighted by molar-refractivity contribution is 0.103. The lowest BCUT2D eigenvalue weighted by Crippen LogP contribution is -2.22. The fraction of sp³-hybridized carbons (Fsp3) is 0.194. The molecule has 0 amide bonds. The van der Waals surface area contributed by atoms with Gasteiger partial charge >= 0.3 is 0 Å². The van der Waals surface area contributed by atoms with Crippen LogP contribution in [0.5, 0.6) is 0 Å². The molecule has 4 rings (SSSR count). The van der Waals surface area contributed by atoms with Crippen molar-refractivity contribution in [3.8, 4) is 0 Å². The fourth-order valence-electron chi connectivity index (χ4n) is 4.19. The van der Waals surface area contributed by atoms with E-state index < -0.39 is 0 Å². The number of carbonyl (C=O) groups is 1. The first-order chi connectivity index (χ1) is 16.7. The second-order valence-electron chi connectivity index (χ2n) is 8.42. The number of nitrogens with zero attached hydrogens (tertiary/aromatic N) is 2. The number of hydrogen-bond donors (Lipinski definition) is 0. The van der Waals surface area contributed by atoms with Crippen LogP contribution in [0.3, 0.4) is 0 Å². The van der Waals surface area contributed by atoms with E-state index in [0.717, 1.165) is 37.6 Å². The first kappa shape index (κ1) is 23.3. The smallest absolute Gasteiger partial charge is 0.193 e.